The highest BCUT2D eigenvalue weighted by atomic mass is 16.2. The first-order valence-electron chi connectivity index (χ1n) is 5.60. The molecule has 3 N–H and O–H groups in total. The highest BCUT2D eigenvalue weighted by Crippen LogP contribution is 2.23. The molecule has 0 aromatic carbocycles. The minimum absolute atomic E-state index is 0.107. The van der Waals surface area contributed by atoms with Crippen molar-refractivity contribution in [3.63, 3.8) is 0 Å². The van der Waals surface area contributed by atoms with Crippen molar-refractivity contribution in [2.45, 2.75) is 45.2 Å². The molecular formula is C10H17N5O. The van der Waals surface area contributed by atoms with E-state index in [2.05, 4.69) is 29.0 Å². The van der Waals surface area contributed by atoms with E-state index in [-0.39, 0.29) is 29.8 Å². The molecule has 16 heavy (non-hydrogen) atoms. The number of anilines is 1. The third kappa shape index (κ3) is 1.87. The number of nitrogen functional groups attached to an aromatic ring is 1. The van der Waals surface area contributed by atoms with Gasteiger partial charge in [0.25, 0.3) is 5.91 Å². The van der Waals surface area contributed by atoms with Gasteiger partial charge in [0.05, 0.1) is 0 Å². The third-order valence-corrected chi connectivity index (χ3v) is 3.13. The Kier molecular flexibility index (Phi) is 2.80. The van der Waals surface area contributed by atoms with Crippen LogP contribution in [0.3, 0.4) is 0 Å². The normalized spacial score (nSPS) is 25.8. The first kappa shape index (κ1) is 10.9. The first-order valence-corrected chi connectivity index (χ1v) is 5.60. The van der Waals surface area contributed by atoms with Crippen LogP contribution in [0, 0.1) is 0 Å². The molecule has 2 atom stereocenters. The molecule has 0 spiro atoms. The Hall–Kier alpha value is -1.59. The topological polar surface area (TPSA) is 87.9 Å². The Morgan fingerprint density at radius 1 is 1.44 bits per heavy atom. The van der Waals surface area contributed by atoms with Gasteiger partial charge in [0, 0.05) is 12.1 Å². The number of aromatic amines is 1. The Morgan fingerprint density at radius 3 is 2.56 bits per heavy atom. The third-order valence-electron chi connectivity index (χ3n) is 3.13. The summed E-state index contributed by atoms with van der Waals surface area (Å²) in [6, 6.07) is 0.505. The molecule has 0 unspecified atom stereocenters. The number of nitrogens with one attached hydrogen (secondary N) is 1. The monoisotopic (exact) mass is 223 g/mol. The standard InChI is InChI=1S/C10H17N5O/c1-6-4-3-5-7(2)15(6)9(16)8-12-10(11)14-13-8/h6-7H,3-5H2,1-2H3,(H3,11,12,13,14)/t6-,7+. The number of aromatic nitrogens is 3. The summed E-state index contributed by atoms with van der Waals surface area (Å²) >= 11 is 0. The molecule has 0 saturated carbocycles. The molecule has 1 saturated heterocycles. The molecule has 6 nitrogen and oxygen atoms in total. The largest absolute Gasteiger partial charge is 0.366 e. The predicted octanol–water partition coefficient (Wildman–Crippen LogP) is 0.790. The summed E-state index contributed by atoms with van der Waals surface area (Å²) in [6.45, 7) is 4.13. The van der Waals surface area contributed by atoms with Crippen molar-refractivity contribution >= 4 is 11.9 Å². The lowest BCUT2D eigenvalue weighted by Gasteiger charge is -2.38. The van der Waals surface area contributed by atoms with Gasteiger partial charge in [-0.25, -0.2) is 0 Å². The van der Waals surface area contributed by atoms with E-state index in [4.69, 9.17) is 5.73 Å². The number of carbonyl (C=O) groups is 1. The maximum atomic E-state index is 12.2. The summed E-state index contributed by atoms with van der Waals surface area (Å²) in [5.41, 5.74) is 5.39. The molecule has 0 radical (unpaired) electrons. The maximum absolute atomic E-state index is 12.2. The fourth-order valence-corrected chi connectivity index (χ4v) is 2.31. The van der Waals surface area contributed by atoms with Crippen LogP contribution in [0.2, 0.25) is 0 Å². The molecule has 6 heteroatoms. The van der Waals surface area contributed by atoms with Crippen LogP contribution >= 0.6 is 0 Å². The number of nitrogens with two attached hydrogens (primary N) is 1. The van der Waals surface area contributed by atoms with Crippen molar-refractivity contribution in [1.82, 2.24) is 20.1 Å². The van der Waals surface area contributed by atoms with E-state index in [1.54, 1.807) is 0 Å². The number of nitrogens with zero attached hydrogens (tertiary/aromatic N) is 3. The molecule has 1 aromatic heterocycles. The summed E-state index contributed by atoms with van der Waals surface area (Å²) in [4.78, 5) is 17.9. The average molecular weight is 223 g/mol. The number of carbonyl (C=O) groups excluding carboxylic acids is 1. The van der Waals surface area contributed by atoms with Crippen molar-refractivity contribution in [2.75, 3.05) is 5.73 Å². The van der Waals surface area contributed by atoms with Crippen molar-refractivity contribution in [3.8, 4) is 0 Å². The van der Waals surface area contributed by atoms with Gasteiger partial charge in [-0.15, -0.1) is 5.10 Å². The van der Waals surface area contributed by atoms with E-state index >= 15 is 0 Å². The van der Waals surface area contributed by atoms with E-state index in [9.17, 15) is 4.79 Å². The van der Waals surface area contributed by atoms with Crippen molar-refractivity contribution in [1.29, 1.82) is 0 Å². The molecule has 0 bridgehead atoms. The quantitative estimate of drug-likeness (QED) is 0.736. The Bertz CT molecular complexity index is 378. The zero-order valence-corrected chi connectivity index (χ0v) is 9.60. The highest BCUT2D eigenvalue weighted by Gasteiger charge is 2.31. The number of amides is 1. The number of H-pyrrole nitrogens is 1. The number of rotatable bonds is 1. The summed E-state index contributed by atoms with van der Waals surface area (Å²) in [5, 5.41) is 6.24. The first-order chi connectivity index (χ1) is 7.59. The van der Waals surface area contributed by atoms with Gasteiger partial charge >= 0.3 is 0 Å². The van der Waals surface area contributed by atoms with Gasteiger partial charge in [-0.1, -0.05) is 0 Å². The molecule has 1 fully saturated rings. The van der Waals surface area contributed by atoms with Crippen LogP contribution in [0.4, 0.5) is 5.95 Å². The average Bonchev–Trinajstić information content (AvgIpc) is 2.64. The van der Waals surface area contributed by atoms with Crippen LogP contribution in [0.25, 0.3) is 0 Å². The van der Waals surface area contributed by atoms with Crippen LogP contribution in [-0.4, -0.2) is 38.1 Å². The van der Waals surface area contributed by atoms with Gasteiger partial charge < -0.3 is 10.6 Å². The predicted molar refractivity (Wildman–Crippen MR) is 59.7 cm³/mol. The van der Waals surface area contributed by atoms with Gasteiger partial charge in [0.1, 0.15) is 0 Å². The molecular weight excluding hydrogens is 206 g/mol. The zero-order chi connectivity index (χ0) is 11.7. The van der Waals surface area contributed by atoms with Crippen LogP contribution in [0.15, 0.2) is 0 Å². The molecule has 88 valence electrons. The van der Waals surface area contributed by atoms with E-state index in [0.717, 1.165) is 12.8 Å². The molecule has 1 aliphatic rings. The van der Waals surface area contributed by atoms with Crippen LogP contribution < -0.4 is 5.73 Å². The number of likely N-dealkylation sites (tertiary alicyclic amines) is 1. The molecule has 0 aliphatic carbocycles. The second-order valence-electron chi connectivity index (χ2n) is 4.38. The minimum atomic E-state index is -0.107. The van der Waals surface area contributed by atoms with E-state index < -0.39 is 0 Å². The van der Waals surface area contributed by atoms with Gasteiger partial charge in [-0.05, 0) is 33.1 Å². The van der Waals surface area contributed by atoms with E-state index in [1.807, 2.05) is 4.90 Å². The second kappa shape index (κ2) is 4.11. The SMILES string of the molecule is C[C@@H]1CCC[C@H](C)N1C(=O)c1nc(N)n[nH]1. The van der Waals surface area contributed by atoms with Gasteiger partial charge in [-0.3, -0.25) is 9.89 Å². The van der Waals surface area contributed by atoms with Gasteiger partial charge in [-0.2, -0.15) is 4.98 Å². The summed E-state index contributed by atoms with van der Waals surface area (Å²) in [5.74, 6) is 0.239. The van der Waals surface area contributed by atoms with Crippen LogP contribution in [0.1, 0.15) is 43.7 Å². The van der Waals surface area contributed by atoms with Crippen molar-refractivity contribution in [2.24, 2.45) is 0 Å². The molecule has 1 amide bonds. The lowest BCUT2D eigenvalue weighted by Crippen LogP contribution is -2.47. The van der Waals surface area contributed by atoms with Gasteiger partial charge in [0.2, 0.25) is 11.8 Å². The molecule has 1 aromatic rings. The summed E-state index contributed by atoms with van der Waals surface area (Å²) in [7, 11) is 0. The minimum Gasteiger partial charge on any atom is -0.366 e. The zero-order valence-electron chi connectivity index (χ0n) is 9.60. The molecule has 2 heterocycles. The summed E-state index contributed by atoms with van der Waals surface area (Å²) in [6.07, 6.45) is 3.25. The smallest absolute Gasteiger partial charge is 0.291 e. The molecule has 2 rings (SSSR count). The lowest BCUT2D eigenvalue weighted by molar-refractivity contribution is 0.0498. The maximum Gasteiger partial charge on any atom is 0.291 e. The Morgan fingerprint density at radius 2 is 2.06 bits per heavy atom. The van der Waals surface area contributed by atoms with Crippen LogP contribution in [0.5, 0.6) is 0 Å². The lowest BCUT2D eigenvalue weighted by atomic mass is 9.97. The van der Waals surface area contributed by atoms with Crippen LogP contribution in [-0.2, 0) is 0 Å². The molecule has 1 aliphatic heterocycles. The number of hydrogen-bond acceptors (Lipinski definition) is 4. The van der Waals surface area contributed by atoms with E-state index in [1.165, 1.54) is 6.42 Å². The van der Waals surface area contributed by atoms with Crippen molar-refractivity contribution < 1.29 is 4.79 Å². The number of hydrogen-bond donors (Lipinski definition) is 2. The fourth-order valence-electron chi connectivity index (χ4n) is 2.31. The Balaban J connectivity index is 2.19. The highest BCUT2D eigenvalue weighted by molar-refractivity contribution is 5.91. The second-order valence-corrected chi connectivity index (χ2v) is 4.38. The fraction of sp³-hybridized carbons (Fsp3) is 0.700. The van der Waals surface area contributed by atoms with E-state index in [0.29, 0.717) is 0 Å². The van der Waals surface area contributed by atoms with Gasteiger partial charge in [0.15, 0.2) is 0 Å². The van der Waals surface area contributed by atoms with Crippen molar-refractivity contribution in [3.05, 3.63) is 5.82 Å². The number of piperidine rings is 1. The summed E-state index contributed by atoms with van der Waals surface area (Å²) < 4.78 is 0. The Labute approximate surface area is 94.2 Å².